The molecule has 2 rings (SSSR count). The van der Waals surface area contributed by atoms with Crippen LogP contribution in [-0.2, 0) is 9.53 Å². The summed E-state index contributed by atoms with van der Waals surface area (Å²) >= 11 is 0. The molecule has 0 aliphatic heterocycles. The first-order valence-corrected chi connectivity index (χ1v) is 6.00. The van der Waals surface area contributed by atoms with Gasteiger partial charge in [0, 0.05) is 22.7 Å². The van der Waals surface area contributed by atoms with E-state index in [9.17, 15) is 4.79 Å². The Bertz CT molecular complexity index is 675. The number of benzene rings is 1. The molecular weight excluding hydrogens is 240 g/mol. The predicted molar refractivity (Wildman–Crippen MR) is 73.1 cm³/mol. The molecule has 0 aliphatic carbocycles. The van der Waals surface area contributed by atoms with Crippen LogP contribution in [-0.4, -0.2) is 17.1 Å². The number of fused-ring (bicyclic) bond motifs is 1. The lowest BCUT2D eigenvalue weighted by Crippen LogP contribution is -2.12. The number of ether oxygens (including phenoxy) is 1. The van der Waals surface area contributed by atoms with Crippen LogP contribution >= 0.6 is 0 Å². The maximum Gasteiger partial charge on any atom is 0.349 e. The van der Waals surface area contributed by atoms with Crippen molar-refractivity contribution in [2.75, 3.05) is 0 Å². The van der Waals surface area contributed by atoms with Crippen molar-refractivity contribution >= 4 is 22.9 Å². The van der Waals surface area contributed by atoms with Gasteiger partial charge < -0.3 is 9.72 Å². The topological polar surface area (TPSA) is 65.9 Å². The molecule has 0 spiro atoms. The maximum absolute atomic E-state index is 11.7. The van der Waals surface area contributed by atoms with Gasteiger partial charge in [-0.05, 0) is 26.0 Å². The molecule has 0 saturated carbocycles. The minimum atomic E-state index is -0.595. The molecule has 4 heteroatoms. The van der Waals surface area contributed by atoms with Crippen LogP contribution in [0.25, 0.3) is 17.0 Å². The highest BCUT2D eigenvalue weighted by Gasteiger charge is 2.13. The fraction of sp³-hybridized carbons (Fsp3) is 0.200. The molecule has 0 radical (unpaired) electrons. The quantitative estimate of drug-likeness (QED) is 0.520. The fourth-order valence-electron chi connectivity index (χ4n) is 1.78. The minimum Gasteiger partial charge on any atom is -0.459 e. The number of aromatic amines is 1. The first kappa shape index (κ1) is 12.9. The van der Waals surface area contributed by atoms with Gasteiger partial charge in [0.05, 0.1) is 6.10 Å². The Morgan fingerprint density at radius 1 is 1.42 bits per heavy atom. The lowest BCUT2D eigenvalue weighted by Gasteiger charge is -2.06. The molecule has 2 aromatic rings. The smallest absolute Gasteiger partial charge is 0.349 e. The van der Waals surface area contributed by atoms with Crippen molar-refractivity contribution in [2.24, 2.45) is 0 Å². The number of H-pyrrole nitrogens is 1. The van der Waals surface area contributed by atoms with Gasteiger partial charge in [-0.25, -0.2) is 4.79 Å². The molecule has 1 N–H and O–H groups in total. The predicted octanol–water partition coefficient (Wildman–Crippen LogP) is 3.03. The molecule has 0 unspecified atom stereocenters. The molecule has 0 amide bonds. The Balaban J connectivity index is 2.38. The standard InChI is InChI=1S/C15H14N2O2/c1-10(2)19-15(18)11(8-16)7-12-9-17-14-6-4-3-5-13(12)14/h3-7,9-10,17H,1-2H3/b11-7+. The van der Waals surface area contributed by atoms with Gasteiger partial charge in [0.25, 0.3) is 0 Å². The van der Waals surface area contributed by atoms with E-state index < -0.39 is 5.97 Å². The number of rotatable bonds is 3. The first-order valence-electron chi connectivity index (χ1n) is 6.00. The summed E-state index contributed by atoms with van der Waals surface area (Å²) in [4.78, 5) is 14.8. The van der Waals surface area contributed by atoms with Crippen molar-refractivity contribution in [3.63, 3.8) is 0 Å². The number of aromatic nitrogens is 1. The number of nitrogens with zero attached hydrogens (tertiary/aromatic N) is 1. The van der Waals surface area contributed by atoms with E-state index in [2.05, 4.69) is 4.98 Å². The lowest BCUT2D eigenvalue weighted by molar-refractivity contribution is -0.142. The van der Waals surface area contributed by atoms with Gasteiger partial charge in [-0.15, -0.1) is 0 Å². The summed E-state index contributed by atoms with van der Waals surface area (Å²) in [7, 11) is 0. The van der Waals surface area contributed by atoms with Crippen LogP contribution in [0.2, 0.25) is 0 Å². The Morgan fingerprint density at radius 3 is 2.84 bits per heavy atom. The van der Waals surface area contributed by atoms with E-state index in [0.29, 0.717) is 0 Å². The molecular formula is C15H14N2O2. The number of hydrogen-bond donors (Lipinski definition) is 1. The van der Waals surface area contributed by atoms with Crippen molar-refractivity contribution in [1.82, 2.24) is 4.98 Å². The van der Waals surface area contributed by atoms with Crippen molar-refractivity contribution in [1.29, 1.82) is 5.26 Å². The molecule has 0 fully saturated rings. The zero-order chi connectivity index (χ0) is 13.8. The fourth-order valence-corrected chi connectivity index (χ4v) is 1.78. The van der Waals surface area contributed by atoms with Crippen LogP contribution in [0.3, 0.4) is 0 Å². The van der Waals surface area contributed by atoms with E-state index in [1.165, 1.54) is 0 Å². The minimum absolute atomic E-state index is 0.00143. The SMILES string of the molecule is CC(C)OC(=O)/C(C#N)=C/c1c[nH]c2ccccc12. The second-order valence-electron chi connectivity index (χ2n) is 4.41. The zero-order valence-corrected chi connectivity index (χ0v) is 10.8. The van der Waals surface area contributed by atoms with Gasteiger partial charge in [0.15, 0.2) is 0 Å². The van der Waals surface area contributed by atoms with Crippen LogP contribution in [0, 0.1) is 11.3 Å². The second kappa shape index (κ2) is 5.40. The molecule has 0 aliphatic rings. The van der Waals surface area contributed by atoms with Gasteiger partial charge >= 0.3 is 5.97 Å². The average molecular weight is 254 g/mol. The normalized spacial score (nSPS) is 11.6. The molecule has 4 nitrogen and oxygen atoms in total. The summed E-state index contributed by atoms with van der Waals surface area (Å²) in [6.45, 7) is 3.50. The molecule has 0 saturated heterocycles. The Labute approximate surface area is 111 Å². The van der Waals surface area contributed by atoms with Crippen LogP contribution in [0.1, 0.15) is 19.4 Å². The molecule has 1 aromatic heterocycles. The third-order valence-electron chi connectivity index (χ3n) is 2.60. The van der Waals surface area contributed by atoms with E-state index >= 15 is 0 Å². The summed E-state index contributed by atoms with van der Waals surface area (Å²) in [6, 6.07) is 9.58. The Hall–Kier alpha value is -2.54. The third kappa shape index (κ3) is 2.83. The largest absolute Gasteiger partial charge is 0.459 e. The highest BCUT2D eigenvalue weighted by molar-refractivity contribution is 6.01. The number of nitrogens with one attached hydrogen (secondary N) is 1. The Morgan fingerprint density at radius 2 is 2.16 bits per heavy atom. The van der Waals surface area contributed by atoms with Gasteiger partial charge in [-0.2, -0.15) is 5.26 Å². The molecule has 1 aromatic carbocycles. The summed E-state index contributed by atoms with van der Waals surface area (Å²) in [5.41, 5.74) is 1.76. The number of carbonyl (C=O) groups excluding carboxylic acids is 1. The van der Waals surface area contributed by atoms with Crippen molar-refractivity contribution in [2.45, 2.75) is 20.0 Å². The highest BCUT2D eigenvalue weighted by atomic mass is 16.5. The average Bonchev–Trinajstić information content (AvgIpc) is 2.78. The van der Waals surface area contributed by atoms with Gasteiger partial charge in [0.2, 0.25) is 0 Å². The summed E-state index contributed by atoms with van der Waals surface area (Å²) in [5, 5.41) is 10.0. The number of carbonyl (C=O) groups is 1. The van der Waals surface area contributed by atoms with Crippen molar-refractivity contribution in [3.8, 4) is 6.07 Å². The van der Waals surface area contributed by atoms with Crippen LogP contribution < -0.4 is 0 Å². The van der Waals surface area contributed by atoms with Crippen LogP contribution in [0.15, 0.2) is 36.0 Å². The van der Waals surface area contributed by atoms with Crippen molar-refractivity contribution in [3.05, 3.63) is 41.6 Å². The lowest BCUT2D eigenvalue weighted by atomic mass is 10.1. The molecule has 19 heavy (non-hydrogen) atoms. The summed E-state index contributed by atoms with van der Waals surface area (Å²) < 4.78 is 5.02. The van der Waals surface area contributed by atoms with Gasteiger partial charge in [-0.1, -0.05) is 18.2 Å². The van der Waals surface area contributed by atoms with Gasteiger partial charge in [0.1, 0.15) is 11.6 Å². The number of nitriles is 1. The molecule has 96 valence electrons. The highest BCUT2D eigenvalue weighted by Crippen LogP contribution is 2.20. The van der Waals surface area contributed by atoms with Gasteiger partial charge in [-0.3, -0.25) is 0 Å². The first-order chi connectivity index (χ1) is 9.11. The number of hydrogen-bond acceptors (Lipinski definition) is 3. The third-order valence-corrected chi connectivity index (χ3v) is 2.60. The monoisotopic (exact) mass is 254 g/mol. The number of para-hydroxylation sites is 1. The molecule has 0 atom stereocenters. The van der Waals surface area contributed by atoms with E-state index in [1.54, 1.807) is 26.1 Å². The molecule has 0 bridgehead atoms. The van der Waals surface area contributed by atoms with Crippen molar-refractivity contribution < 1.29 is 9.53 Å². The zero-order valence-electron chi connectivity index (χ0n) is 10.8. The van der Waals surface area contributed by atoms with E-state index in [1.807, 2.05) is 30.3 Å². The summed E-state index contributed by atoms with van der Waals surface area (Å²) in [5.74, 6) is -0.595. The van der Waals surface area contributed by atoms with Crippen LogP contribution in [0.5, 0.6) is 0 Å². The summed E-state index contributed by atoms with van der Waals surface area (Å²) in [6.07, 6.45) is 3.07. The maximum atomic E-state index is 11.7. The number of esters is 1. The Kier molecular flexibility index (Phi) is 3.67. The van der Waals surface area contributed by atoms with Crippen LogP contribution in [0.4, 0.5) is 0 Å². The second-order valence-corrected chi connectivity index (χ2v) is 4.41. The van der Waals surface area contributed by atoms with E-state index in [-0.39, 0.29) is 11.7 Å². The van der Waals surface area contributed by atoms with E-state index in [4.69, 9.17) is 10.00 Å². The molecule has 1 heterocycles. The van der Waals surface area contributed by atoms with E-state index in [0.717, 1.165) is 16.5 Å².